The zero-order valence-corrected chi connectivity index (χ0v) is 10.00. The summed E-state index contributed by atoms with van der Waals surface area (Å²) < 4.78 is 0. The van der Waals surface area contributed by atoms with Crippen LogP contribution in [-0.4, -0.2) is 11.0 Å². The van der Waals surface area contributed by atoms with E-state index in [4.69, 9.17) is 0 Å². The number of carbonyl (C=O) groups excluding carboxylic acids is 1. The molecule has 0 saturated carbocycles. The SMILES string of the molecule is Cc1ccc(N2C(=O)c3ccccc3C2O)cc1. The standard InChI is InChI=1S/C15H13NO2/c1-10-6-8-11(9-7-10)16-14(17)12-4-2-3-5-13(12)15(16)18/h2-9,14,17H,1H3. The summed E-state index contributed by atoms with van der Waals surface area (Å²) in [6.07, 6.45) is -0.892. The number of anilines is 1. The van der Waals surface area contributed by atoms with Crippen molar-refractivity contribution in [3.8, 4) is 0 Å². The fourth-order valence-corrected chi connectivity index (χ4v) is 2.26. The Balaban J connectivity index is 2.06. The van der Waals surface area contributed by atoms with E-state index in [1.807, 2.05) is 43.3 Å². The van der Waals surface area contributed by atoms with Gasteiger partial charge in [-0.15, -0.1) is 0 Å². The van der Waals surface area contributed by atoms with Crippen molar-refractivity contribution in [1.82, 2.24) is 0 Å². The van der Waals surface area contributed by atoms with Crippen molar-refractivity contribution in [3.63, 3.8) is 0 Å². The first-order chi connectivity index (χ1) is 8.68. The molecule has 1 unspecified atom stereocenters. The van der Waals surface area contributed by atoms with Gasteiger partial charge >= 0.3 is 0 Å². The molecular weight excluding hydrogens is 226 g/mol. The highest BCUT2D eigenvalue weighted by Gasteiger charge is 2.35. The Morgan fingerprint density at radius 2 is 1.72 bits per heavy atom. The number of aryl methyl sites for hydroxylation is 1. The average molecular weight is 239 g/mol. The predicted molar refractivity (Wildman–Crippen MR) is 69.4 cm³/mol. The van der Waals surface area contributed by atoms with Gasteiger partial charge in [0.1, 0.15) is 0 Å². The lowest BCUT2D eigenvalue weighted by atomic mass is 10.1. The summed E-state index contributed by atoms with van der Waals surface area (Å²) in [6.45, 7) is 1.99. The van der Waals surface area contributed by atoms with Crippen LogP contribution in [0.4, 0.5) is 5.69 Å². The fourth-order valence-electron chi connectivity index (χ4n) is 2.26. The van der Waals surface area contributed by atoms with Gasteiger partial charge in [0, 0.05) is 16.8 Å². The molecule has 2 aromatic rings. The summed E-state index contributed by atoms with van der Waals surface area (Å²) in [4.78, 5) is 13.7. The fraction of sp³-hybridized carbons (Fsp3) is 0.133. The molecule has 1 amide bonds. The maximum Gasteiger partial charge on any atom is 0.261 e. The highest BCUT2D eigenvalue weighted by molar-refractivity contribution is 6.10. The van der Waals surface area contributed by atoms with Crippen LogP contribution in [0.3, 0.4) is 0 Å². The third-order valence-corrected chi connectivity index (χ3v) is 3.24. The highest BCUT2D eigenvalue weighted by atomic mass is 16.3. The third-order valence-electron chi connectivity index (χ3n) is 3.24. The van der Waals surface area contributed by atoms with Crippen LogP contribution in [0.1, 0.15) is 27.7 Å². The topological polar surface area (TPSA) is 40.5 Å². The van der Waals surface area contributed by atoms with Gasteiger partial charge in [-0.05, 0) is 25.1 Å². The number of amides is 1. The van der Waals surface area contributed by atoms with E-state index in [1.165, 1.54) is 4.90 Å². The molecule has 1 aliphatic heterocycles. The number of nitrogens with zero attached hydrogens (tertiary/aromatic N) is 1. The van der Waals surface area contributed by atoms with Gasteiger partial charge in [0.2, 0.25) is 0 Å². The Morgan fingerprint density at radius 3 is 2.39 bits per heavy atom. The first-order valence-corrected chi connectivity index (χ1v) is 5.86. The van der Waals surface area contributed by atoms with Gasteiger partial charge in [-0.3, -0.25) is 9.69 Å². The van der Waals surface area contributed by atoms with E-state index < -0.39 is 6.23 Å². The summed E-state index contributed by atoms with van der Waals surface area (Å²) in [5.41, 5.74) is 3.08. The van der Waals surface area contributed by atoms with Crippen molar-refractivity contribution in [3.05, 3.63) is 65.2 Å². The predicted octanol–water partition coefficient (Wildman–Crippen LogP) is 2.65. The normalized spacial score (nSPS) is 18.0. The highest BCUT2D eigenvalue weighted by Crippen LogP contribution is 2.35. The van der Waals surface area contributed by atoms with Gasteiger partial charge in [-0.1, -0.05) is 35.9 Å². The molecule has 18 heavy (non-hydrogen) atoms. The van der Waals surface area contributed by atoms with Gasteiger partial charge in [-0.25, -0.2) is 0 Å². The van der Waals surface area contributed by atoms with Crippen LogP contribution >= 0.6 is 0 Å². The minimum atomic E-state index is -0.892. The molecule has 3 heteroatoms. The molecule has 0 saturated heterocycles. The molecule has 0 aliphatic carbocycles. The van der Waals surface area contributed by atoms with E-state index in [9.17, 15) is 9.90 Å². The van der Waals surface area contributed by atoms with Gasteiger partial charge < -0.3 is 5.11 Å². The second kappa shape index (κ2) is 3.96. The second-order valence-electron chi connectivity index (χ2n) is 4.47. The smallest absolute Gasteiger partial charge is 0.261 e. The number of aliphatic hydroxyl groups excluding tert-OH is 1. The molecule has 1 heterocycles. The molecule has 2 aromatic carbocycles. The Morgan fingerprint density at radius 1 is 1.06 bits per heavy atom. The van der Waals surface area contributed by atoms with Crippen LogP contribution in [0.5, 0.6) is 0 Å². The summed E-state index contributed by atoms with van der Waals surface area (Å²) in [5, 5.41) is 10.2. The van der Waals surface area contributed by atoms with Crippen molar-refractivity contribution in [2.45, 2.75) is 13.2 Å². The Labute approximate surface area is 105 Å². The van der Waals surface area contributed by atoms with Crippen LogP contribution in [0.15, 0.2) is 48.5 Å². The van der Waals surface area contributed by atoms with Crippen LogP contribution in [0.25, 0.3) is 0 Å². The Bertz CT molecular complexity index is 604. The summed E-state index contributed by atoms with van der Waals surface area (Å²) in [7, 11) is 0. The molecule has 0 bridgehead atoms. The van der Waals surface area contributed by atoms with Crippen molar-refractivity contribution in [2.24, 2.45) is 0 Å². The molecule has 0 aromatic heterocycles. The van der Waals surface area contributed by atoms with E-state index in [-0.39, 0.29) is 5.91 Å². The van der Waals surface area contributed by atoms with E-state index in [1.54, 1.807) is 12.1 Å². The summed E-state index contributed by atoms with van der Waals surface area (Å²) in [6, 6.07) is 14.7. The van der Waals surface area contributed by atoms with Crippen molar-refractivity contribution in [2.75, 3.05) is 4.90 Å². The Hall–Kier alpha value is -2.13. The average Bonchev–Trinajstić information content (AvgIpc) is 2.64. The number of hydrogen-bond acceptors (Lipinski definition) is 2. The molecule has 3 nitrogen and oxygen atoms in total. The quantitative estimate of drug-likeness (QED) is 0.831. The zero-order valence-electron chi connectivity index (χ0n) is 10.00. The lowest BCUT2D eigenvalue weighted by Gasteiger charge is -2.21. The van der Waals surface area contributed by atoms with Gasteiger partial charge in [-0.2, -0.15) is 0 Å². The molecule has 1 aliphatic rings. The molecule has 1 atom stereocenters. The van der Waals surface area contributed by atoms with E-state index in [2.05, 4.69) is 0 Å². The lowest BCUT2D eigenvalue weighted by Crippen LogP contribution is -2.27. The summed E-state index contributed by atoms with van der Waals surface area (Å²) in [5.74, 6) is -0.151. The summed E-state index contributed by atoms with van der Waals surface area (Å²) >= 11 is 0. The largest absolute Gasteiger partial charge is 0.369 e. The third kappa shape index (κ3) is 1.52. The number of hydrogen-bond donors (Lipinski definition) is 1. The van der Waals surface area contributed by atoms with Crippen molar-refractivity contribution in [1.29, 1.82) is 0 Å². The monoisotopic (exact) mass is 239 g/mol. The molecule has 1 N–H and O–H groups in total. The van der Waals surface area contributed by atoms with Gasteiger partial charge in [0.05, 0.1) is 0 Å². The molecule has 3 rings (SSSR count). The van der Waals surface area contributed by atoms with E-state index in [0.29, 0.717) is 16.8 Å². The van der Waals surface area contributed by atoms with Crippen LogP contribution < -0.4 is 4.90 Å². The Kier molecular flexibility index (Phi) is 2.42. The molecule has 0 spiro atoms. The lowest BCUT2D eigenvalue weighted by molar-refractivity contribution is 0.0935. The minimum absolute atomic E-state index is 0.151. The molecular formula is C15H13NO2. The molecule has 0 fully saturated rings. The first kappa shape index (κ1) is 11.0. The molecule has 0 radical (unpaired) electrons. The van der Waals surface area contributed by atoms with Gasteiger partial charge in [0.25, 0.3) is 5.91 Å². The minimum Gasteiger partial charge on any atom is -0.369 e. The first-order valence-electron chi connectivity index (χ1n) is 5.86. The van der Waals surface area contributed by atoms with Gasteiger partial charge in [0.15, 0.2) is 6.23 Å². The van der Waals surface area contributed by atoms with Crippen LogP contribution in [0.2, 0.25) is 0 Å². The van der Waals surface area contributed by atoms with Crippen molar-refractivity contribution >= 4 is 11.6 Å². The van der Waals surface area contributed by atoms with E-state index >= 15 is 0 Å². The number of fused-ring (bicyclic) bond motifs is 1. The van der Waals surface area contributed by atoms with Crippen LogP contribution in [-0.2, 0) is 0 Å². The number of aliphatic hydroxyl groups is 1. The number of rotatable bonds is 1. The number of benzene rings is 2. The maximum atomic E-state index is 12.3. The van der Waals surface area contributed by atoms with Crippen LogP contribution in [0, 0.1) is 6.92 Å². The molecule has 90 valence electrons. The second-order valence-corrected chi connectivity index (χ2v) is 4.47. The van der Waals surface area contributed by atoms with E-state index in [0.717, 1.165) is 5.56 Å². The maximum absolute atomic E-state index is 12.3. The zero-order chi connectivity index (χ0) is 12.7. The van der Waals surface area contributed by atoms with Crippen molar-refractivity contribution < 1.29 is 9.90 Å². The number of carbonyl (C=O) groups is 1.